The molecule has 1 aliphatic heterocycles. The first-order valence-electron chi connectivity index (χ1n) is 6.14. The maximum atomic E-state index is 10.8. The van der Waals surface area contributed by atoms with Crippen molar-refractivity contribution in [3.05, 3.63) is 23.8 Å². The molecule has 1 saturated heterocycles. The van der Waals surface area contributed by atoms with Crippen molar-refractivity contribution in [1.82, 2.24) is 4.90 Å². The third kappa shape index (κ3) is 2.92. The van der Waals surface area contributed by atoms with E-state index in [1.807, 2.05) is 0 Å². The Bertz CT molecular complexity index is 448. The predicted molar refractivity (Wildman–Crippen MR) is 72.0 cm³/mol. The number of nitrogen functional groups attached to an aromatic ring is 1. The summed E-state index contributed by atoms with van der Waals surface area (Å²) in [4.78, 5) is 13.1. The largest absolute Gasteiger partial charge is 0.478 e. The second kappa shape index (κ2) is 5.27. The number of piperidine rings is 1. The number of nitrogens with zero attached hydrogens (tertiary/aromatic N) is 1. The predicted octanol–water partition coefficient (Wildman–Crippen LogP) is 1.47. The van der Waals surface area contributed by atoms with E-state index in [1.54, 1.807) is 12.1 Å². The number of anilines is 2. The Morgan fingerprint density at radius 3 is 2.94 bits per heavy atom. The molecule has 0 bridgehead atoms. The van der Waals surface area contributed by atoms with Crippen LogP contribution in [0.15, 0.2) is 18.2 Å². The zero-order valence-electron chi connectivity index (χ0n) is 10.5. The average molecular weight is 249 g/mol. The van der Waals surface area contributed by atoms with E-state index in [-0.39, 0.29) is 5.56 Å². The molecule has 5 nitrogen and oxygen atoms in total. The van der Waals surface area contributed by atoms with Crippen LogP contribution in [0.3, 0.4) is 0 Å². The summed E-state index contributed by atoms with van der Waals surface area (Å²) in [5.41, 5.74) is 7.40. The van der Waals surface area contributed by atoms with E-state index in [9.17, 15) is 4.79 Å². The topological polar surface area (TPSA) is 78.6 Å². The molecular formula is C13H19N3O2. The molecule has 18 heavy (non-hydrogen) atoms. The van der Waals surface area contributed by atoms with Crippen LogP contribution in [0.2, 0.25) is 0 Å². The van der Waals surface area contributed by atoms with Crippen molar-refractivity contribution >= 4 is 17.3 Å². The number of hydrogen-bond acceptors (Lipinski definition) is 4. The maximum Gasteiger partial charge on any atom is 0.335 e. The zero-order valence-corrected chi connectivity index (χ0v) is 10.5. The lowest BCUT2D eigenvalue weighted by atomic mass is 10.1. The van der Waals surface area contributed by atoms with Crippen molar-refractivity contribution in [2.24, 2.45) is 0 Å². The maximum absolute atomic E-state index is 10.8. The van der Waals surface area contributed by atoms with E-state index in [4.69, 9.17) is 10.8 Å². The Labute approximate surface area is 107 Å². The van der Waals surface area contributed by atoms with Crippen LogP contribution >= 0.6 is 0 Å². The Hall–Kier alpha value is -1.75. The van der Waals surface area contributed by atoms with Crippen molar-refractivity contribution in [3.8, 4) is 0 Å². The van der Waals surface area contributed by atoms with E-state index < -0.39 is 5.97 Å². The summed E-state index contributed by atoms with van der Waals surface area (Å²) in [6, 6.07) is 5.19. The van der Waals surface area contributed by atoms with Gasteiger partial charge in [0.15, 0.2) is 0 Å². The van der Waals surface area contributed by atoms with Gasteiger partial charge in [-0.15, -0.1) is 0 Å². The molecule has 1 aromatic rings. The van der Waals surface area contributed by atoms with Crippen molar-refractivity contribution < 1.29 is 9.90 Å². The average Bonchev–Trinajstić information content (AvgIpc) is 2.31. The minimum absolute atomic E-state index is 0.221. The van der Waals surface area contributed by atoms with Crippen LogP contribution in [0.4, 0.5) is 11.4 Å². The van der Waals surface area contributed by atoms with Gasteiger partial charge < -0.3 is 21.1 Å². The van der Waals surface area contributed by atoms with Gasteiger partial charge in [0.2, 0.25) is 0 Å². The SMILES string of the molecule is CN1CCCC(Nc2ccc(C(=O)O)cc2N)C1. The molecule has 0 amide bonds. The van der Waals surface area contributed by atoms with Crippen LogP contribution in [-0.4, -0.2) is 42.2 Å². The molecule has 1 atom stereocenters. The molecular weight excluding hydrogens is 230 g/mol. The number of nitrogens with one attached hydrogen (secondary N) is 1. The number of nitrogens with two attached hydrogens (primary N) is 1. The summed E-state index contributed by atoms with van der Waals surface area (Å²) >= 11 is 0. The summed E-state index contributed by atoms with van der Waals surface area (Å²) in [5, 5.41) is 12.3. The van der Waals surface area contributed by atoms with Crippen molar-refractivity contribution in [3.63, 3.8) is 0 Å². The fourth-order valence-corrected chi connectivity index (χ4v) is 2.33. The summed E-state index contributed by atoms with van der Waals surface area (Å²) in [6.45, 7) is 2.12. The van der Waals surface area contributed by atoms with E-state index in [1.165, 1.54) is 12.5 Å². The lowest BCUT2D eigenvalue weighted by Gasteiger charge is -2.31. The molecule has 1 aliphatic rings. The van der Waals surface area contributed by atoms with Gasteiger partial charge in [0.05, 0.1) is 16.9 Å². The molecule has 0 aliphatic carbocycles. The number of carboxylic acid groups (broad SMARTS) is 1. The Morgan fingerprint density at radius 1 is 1.56 bits per heavy atom. The molecule has 1 heterocycles. The van der Waals surface area contributed by atoms with Crippen LogP contribution in [0, 0.1) is 0 Å². The highest BCUT2D eigenvalue weighted by Crippen LogP contribution is 2.23. The Morgan fingerprint density at radius 2 is 2.33 bits per heavy atom. The number of carbonyl (C=O) groups is 1. The Kier molecular flexibility index (Phi) is 3.72. The van der Waals surface area contributed by atoms with E-state index >= 15 is 0 Å². The summed E-state index contributed by atoms with van der Waals surface area (Å²) in [6.07, 6.45) is 2.28. The molecule has 2 rings (SSSR count). The molecule has 1 unspecified atom stereocenters. The standard InChI is InChI=1S/C13H19N3O2/c1-16-6-2-3-10(8-16)15-12-5-4-9(13(17)18)7-11(12)14/h4-5,7,10,15H,2-3,6,8,14H2,1H3,(H,17,18). The number of aromatic carboxylic acids is 1. The highest BCUT2D eigenvalue weighted by atomic mass is 16.4. The van der Waals surface area contributed by atoms with E-state index in [2.05, 4.69) is 17.3 Å². The molecule has 1 fully saturated rings. The zero-order chi connectivity index (χ0) is 13.1. The first-order chi connectivity index (χ1) is 8.56. The molecule has 0 spiro atoms. The minimum atomic E-state index is -0.953. The van der Waals surface area contributed by atoms with Crippen LogP contribution in [0.5, 0.6) is 0 Å². The third-order valence-corrected chi connectivity index (χ3v) is 3.28. The minimum Gasteiger partial charge on any atom is -0.478 e. The highest BCUT2D eigenvalue weighted by Gasteiger charge is 2.17. The van der Waals surface area contributed by atoms with Crippen LogP contribution in [-0.2, 0) is 0 Å². The molecule has 0 aromatic heterocycles. The normalized spacial score (nSPS) is 20.6. The second-order valence-corrected chi connectivity index (χ2v) is 4.85. The van der Waals surface area contributed by atoms with Crippen LogP contribution in [0.25, 0.3) is 0 Å². The van der Waals surface area contributed by atoms with Gasteiger partial charge >= 0.3 is 5.97 Å². The van der Waals surface area contributed by atoms with Gasteiger partial charge in [0.25, 0.3) is 0 Å². The molecule has 0 radical (unpaired) electrons. The van der Waals surface area contributed by atoms with E-state index in [0.717, 1.165) is 25.2 Å². The lowest BCUT2D eigenvalue weighted by Crippen LogP contribution is -2.39. The number of rotatable bonds is 3. The van der Waals surface area contributed by atoms with Gasteiger partial charge in [-0.25, -0.2) is 4.79 Å². The van der Waals surface area contributed by atoms with Crippen molar-refractivity contribution in [2.45, 2.75) is 18.9 Å². The quantitative estimate of drug-likeness (QED) is 0.707. The summed E-state index contributed by atoms with van der Waals surface area (Å²) in [5.74, 6) is -0.953. The first kappa shape index (κ1) is 12.7. The van der Waals surface area contributed by atoms with Gasteiger partial charge in [-0.2, -0.15) is 0 Å². The fourth-order valence-electron chi connectivity index (χ4n) is 2.33. The first-order valence-corrected chi connectivity index (χ1v) is 6.14. The highest BCUT2D eigenvalue weighted by molar-refractivity contribution is 5.90. The smallest absolute Gasteiger partial charge is 0.335 e. The van der Waals surface area contributed by atoms with Crippen LogP contribution in [0.1, 0.15) is 23.2 Å². The summed E-state index contributed by atoms with van der Waals surface area (Å²) in [7, 11) is 2.10. The number of likely N-dealkylation sites (tertiary alicyclic amines) is 1. The van der Waals surface area contributed by atoms with Crippen molar-refractivity contribution in [2.75, 3.05) is 31.2 Å². The molecule has 5 heteroatoms. The number of hydrogen-bond donors (Lipinski definition) is 3. The van der Waals surface area contributed by atoms with Gasteiger partial charge in [-0.1, -0.05) is 0 Å². The fraction of sp³-hybridized carbons (Fsp3) is 0.462. The molecule has 1 aromatic carbocycles. The van der Waals surface area contributed by atoms with Crippen LogP contribution < -0.4 is 11.1 Å². The van der Waals surface area contributed by atoms with Gasteiger partial charge in [0.1, 0.15) is 0 Å². The lowest BCUT2D eigenvalue weighted by molar-refractivity contribution is 0.0697. The molecule has 0 saturated carbocycles. The monoisotopic (exact) mass is 249 g/mol. The van der Waals surface area contributed by atoms with Gasteiger partial charge in [0, 0.05) is 12.6 Å². The second-order valence-electron chi connectivity index (χ2n) is 4.85. The Balaban J connectivity index is 2.07. The van der Waals surface area contributed by atoms with Gasteiger partial charge in [-0.3, -0.25) is 0 Å². The molecule has 98 valence electrons. The molecule has 4 N–H and O–H groups in total. The summed E-state index contributed by atoms with van der Waals surface area (Å²) < 4.78 is 0. The third-order valence-electron chi connectivity index (χ3n) is 3.28. The van der Waals surface area contributed by atoms with Gasteiger partial charge in [-0.05, 0) is 44.6 Å². The number of benzene rings is 1. The number of carboxylic acids is 1. The van der Waals surface area contributed by atoms with E-state index in [0.29, 0.717) is 11.7 Å². The number of likely N-dealkylation sites (N-methyl/N-ethyl adjacent to an activating group) is 1. The van der Waals surface area contributed by atoms with Crippen molar-refractivity contribution in [1.29, 1.82) is 0 Å².